The number of carboxylic acid groups (broad SMARTS) is 1. The Kier molecular flexibility index (Phi) is 5.67. The summed E-state index contributed by atoms with van der Waals surface area (Å²) < 4.78 is 27.8. The molecule has 0 saturated carbocycles. The summed E-state index contributed by atoms with van der Waals surface area (Å²) in [6.45, 7) is 0.936. The smallest absolute Gasteiger partial charge is 0.335 e. The molecule has 28 heavy (non-hydrogen) atoms. The Morgan fingerprint density at radius 2 is 1.54 bits per heavy atom. The van der Waals surface area contributed by atoms with Crippen LogP contribution in [0.25, 0.3) is 0 Å². The molecule has 2 aromatic rings. The Bertz CT molecular complexity index is 924. The fourth-order valence-corrected chi connectivity index (χ4v) is 3.07. The first-order valence-corrected chi connectivity index (χ1v) is 8.70. The predicted molar refractivity (Wildman–Crippen MR) is 95.9 cm³/mol. The topological polar surface area (TPSA) is 77.9 Å². The van der Waals surface area contributed by atoms with Crippen molar-refractivity contribution in [3.05, 3.63) is 70.8 Å². The van der Waals surface area contributed by atoms with Crippen molar-refractivity contribution in [2.24, 2.45) is 0 Å². The summed E-state index contributed by atoms with van der Waals surface area (Å²) in [4.78, 5) is 38.7. The van der Waals surface area contributed by atoms with E-state index in [1.54, 1.807) is 23.1 Å². The molecule has 8 heteroatoms. The van der Waals surface area contributed by atoms with Crippen LogP contribution in [0.15, 0.2) is 42.5 Å². The molecular weight excluding hydrogens is 370 g/mol. The Labute approximate surface area is 160 Å². The first-order valence-electron chi connectivity index (χ1n) is 8.70. The number of rotatable bonds is 4. The van der Waals surface area contributed by atoms with Gasteiger partial charge in [-0.05, 0) is 29.8 Å². The molecule has 0 radical (unpaired) electrons. The van der Waals surface area contributed by atoms with E-state index in [9.17, 15) is 23.2 Å². The van der Waals surface area contributed by atoms with Gasteiger partial charge in [-0.3, -0.25) is 9.59 Å². The lowest BCUT2D eigenvalue weighted by Crippen LogP contribution is -2.51. The maximum atomic E-state index is 14.1. The highest BCUT2D eigenvalue weighted by Crippen LogP contribution is 2.16. The molecule has 3 rings (SSSR count). The number of halogens is 2. The number of nitrogens with zero attached hydrogens (tertiary/aromatic N) is 2. The number of hydrogen-bond acceptors (Lipinski definition) is 3. The third-order valence-electron chi connectivity index (χ3n) is 4.67. The zero-order chi connectivity index (χ0) is 20.3. The van der Waals surface area contributed by atoms with Gasteiger partial charge in [0.05, 0.1) is 17.5 Å². The Hall–Kier alpha value is -3.29. The lowest BCUT2D eigenvalue weighted by molar-refractivity contribution is -0.132. The van der Waals surface area contributed by atoms with Gasteiger partial charge in [0, 0.05) is 26.2 Å². The molecule has 0 aromatic heterocycles. The summed E-state index contributed by atoms with van der Waals surface area (Å²) in [5.74, 6) is -3.42. The normalized spacial score (nSPS) is 14.1. The fraction of sp³-hybridized carbons (Fsp3) is 0.250. The van der Waals surface area contributed by atoms with Crippen molar-refractivity contribution in [3.63, 3.8) is 0 Å². The summed E-state index contributed by atoms with van der Waals surface area (Å²) in [6.07, 6.45) is -0.0636. The third-order valence-corrected chi connectivity index (χ3v) is 4.67. The minimum atomic E-state index is -1.28. The van der Waals surface area contributed by atoms with E-state index in [0.717, 1.165) is 12.1 Å². The van der Waals surface area contributed by atoms with Crippen LogP contribution in [0, 0.1) is 11.6 Å². The van der Waals surface area contributed by atoms with E-state index in [1.807, 2.05) is 0 Å². The maximum absolute atomic E-state index is 14.1. The zero-order valence-corrected chi connectivity index (χ0v) is 14.9. The fourth-order valence-electron chi connectivity index (χ4n) is 3.07. The molecule has 2 amide bonds. The molecule has 6 nitrogen and oxygen atoms in total. The molecular formula is C20H18F2N2O4. The second-order valence-corrected chi connectivity index (χ2v) is 6.44. The molecule has 0 unspecified atom stereocenters. The molecule has 1 aliphatic rings. The van der Waals surface area contributed by atoms with Crippen LogP contribution in [0.4, 0.5) is 8.78 Å². The number of amides is 2. The lowest BCUT2D eigenvalue weighted by atomic mass is 10.1. The highest BCUT2D eigenvalue weighted by molar-refractivity contribution is 5.96. The molecule has 146 valence electrons. The Morgan fingerprint density at radius 1 is 0.893 bits per heavy atom. The SMILES string of the molecule is O=C(O)c1ccc(C(=O)N2CCN(C(=O)Cc3ccccc3F)CC2)c(F)c1. The Morgan fingerprint density at radius 3 is 2.14 bits per heavy atom. The van der Waals surface area contributed by atoms with Crippen LogP contribution in [0.1, 0.15) is 26.3 Å². The number of hydrogen-bond donors (Lipinski definition) is 1. The number of piperazine rings is 1. The van der Waals surface area contributed by atoms with Gasteiger partial charge in [-0.25, -0.2) is 13.6 Å². The molecule has 2 aromatic carbocycles. The van der Waals surface area contributed by atoms with Crippen LogP contribution < -0.4 is 0 Å². The van der Waals surface area contributed by atoms with E-state index in [0.29, 0.717) is 5.56 Å². The van der Waals surface area contributed by atoms with E-state index < -0.39 is 23.5 Å². The van der Waals surface area contributed by atoms with Gasteiger partial charge in [0.25, 0.3) is 5.91 Å². The van der Waals surface area contributed by atoms with Gasteiger partial charge >= 0.3 is 5.97 Å². The lowest BCUT2D eigenvalue weighted by Gasteiger charge is -2.35. The number of carboxylic acids is 1. The molecule has 1 saturated heterocycles. The van der Waals surface area contributed by atoms with Crippen molar-refractivity contribution >= 4 is 17.8 Å². The molecule has 0 bridgehead atoms. The average Bonchev–Trinajstić information content (AvgIpc) is 2.69. The third kappa shape index (κ3) is 4.16. The quantitative estimate of drug-likeness (QED) is 0.871. The van der Waals surface area contributed by atoms with Gasteiger partial charge < -0.3 is 14.9 Å². The molecule has 0 aliphatic carbocycles. The van der Waals surface area contributed by atoms with Gasteiger partial charge in [0.15, 0.2) is 0 Å². The second kappa shape index (κ2) is 8.16. The van der Waals surface area contributed by atoms with E-state index in [4.69, 9.17) is 5.11 Å². The predicted octanol–water partition coefficient (Wildman–Crippen LogP) is 2.19. The second-order valence-electron chi connectivity index (χ2n) is 6.44. The molecule has 1 fully saturated rings. The standard InChI is InChI=1S/C20H18F2N2O4/c21-16-4-2-1-3-13(16)12-18(25)23-7-9-24(10-8-23)19(26)15-6-5-14(20(27)28)11-17(15)22/h1-6,11H,7-10,12H2,(H,27,28). The molecule has 1 aliphatic heterocycles. The van der Waals surface area contributed by atoms with Gasteiger partial charge in [0.2, 0.25) is 5.91 Å². The number of carbonyl (C=O) groups excluding carboxylic acids is 2. The Balaban J connectivity index is 1.60. The molecule has 1 heterocycles. The van der Waals surface area contributed by atoms with Crippen LogP contribution >= 0.6 is 0 Å². The zero-order valence-electron chi connectivity index (χ0n) is 14.9. The summed E-state index contributed by atoms with van der Waals surface area (Å²) >= 11 is 0. The van der Waals surface area contributed by atoms with Crippen LogP contribution in [0.5, 0.6) is 0 Å². The van der Waals surface area contributed by atoms with Crippen LogP contribution in [-0.2, 0) is 11.2 Å². The molecule has 0 spiro atoms. The number of carbonyl (C=O) groups is 3. The van der Waals surface area contributed by atoms with Gasteiger partial charge in [-0.1, -0.05) is 18.2 Å². The van der Waals surface area contributed by atoms with Gasteiger partial charge in [0.1, 0.15) is 11.6 Å². The van der Waals surface area contributed by atoms with Crippen molar-refractivity contribution < 1.29 is 28.3 Å². The van der Waals surface area contributed by atoms with Crippen molar-refractivity contribution in [2.45, 2.75) is 6.42 Å². The van der Waals surface area contributed by atoms with Crippen molar-refractivity contribution in [1.29, 1.82) is 0 Å². The van der Waals surface area contributed by atoms with Crippen molar-refractivity contribution in [3.8, 4) is 0 Å². The van der Waals surface area contributed by atoms with Gasteiger partial charge in [-0.2, -0.15) is 0 Å². The van der Waals surface area contributed by atoms with Crippen molar-refractivity contribution in [2.75, 3.05) is 26.2 Å². The largest absolute Gasteiger partial charge is 0.478 e. The number of benzene rings is 2. The highest BCUT2D eigenvalue weighted by Gasteiger charge is 2.27. The highest BCUT2D eigenvalue weighted by atomic mass is 19.1. The summed E-state index contributed by atoms with van der Waals surface area (Å²) in [7, 11) is 0. The summed E-state index contributed by atoms with van der Waals surface area (Å²) in [6, 6.07) is 9.19. The first-order chi connectivity index (χ1) is 13.4. The minimum absolute atomic E-state index is 0.0636. The van der Waals surface area contributed by atoms with Crippen LogP contribution in [-0.4, -0.2) is 58.9 Å². The monoisotopic (exact) mass is 388 g/mol. The maximum Gasteiger partial charge on any atom is 0.335 e. The van der Waals surface area contributed by atoms with Crippen LogP contribution in [0.2, 0.25) is 0 Å². The minimum Gasteiger partial charge on any atom is -0.478 e. The average molecular weight is 388 g/mol. The molecule has 1 N–H and O–H groups in total. The van der Waals surface area contributed by atoms with E-state index in [1.165, 1.54) is 17.0 Å². The van der Waals surface area contributed by atoms with Crippen molar-refractivity contribution in [1.82, 2.24) is 9.80 Å². The first kappa shape index (κ1) is 19.5. The van der Waals surface area contributed by atoms with E-state index in [2.05, 4.69) is 0 Å². The summed E-state index contributed by atoms with van der Waals surface area (Å²) in [5.41, 5.74) is -0.139. The summed E-state index contributed by atoms with van der Waals surface area (Å²) in [5, 5.41) is 8.87. The van der Waals surface area contributed by atoms with E-state index in [-0.39, 0.29) is 49.6 Å². The van der Waals surface area contributed by atoms with E-state index >= 15 is 0 Å². The van der Waals surface area contributed by atoms with Gasteiger partial charge in [-0.15, -0.1) is 0 Å². The van der Waals surface area contributed by atoms with Crippen LogP contribution in [0.3, 0.4) is 0 Å². The molecule has 0 atom stereocenters. The number of aromatic carboxylic acids is 1.